The number of hydrogen-bond donors (Lipinski definition) is 13. The van der Waals surface area contributed by atoms with E-state index in [0.29, 0.717) is 38.5 Å². The highest BCUT2D eigenvalue weighted by Gasteiger charge is 2.85. The van der Waals surface area contributed by atoms with Crippen LogP contribution >= 0.6 is 0 Å². The van der Waals surface area contributed by atoms with Gasteiger partial charge in [-0.05, 0) is 122 Å². The minimum atomic E-state index is -1.80. The van der Waals surface area contributed by atoms with E-state index < -0.39 is 135 Å². The number of hydrogen-bond acceptors (Lipinski definition) is 19. The van der Waals surface area contributed by atoms with Gasteiger partial charge in [-0.1, -0.05) is 34.6 Å². The third-order valence-electron chi connectivity index (χ3n) is 19.4. The Labute approximate surface area is 386 Å². The molecule has 0 amide bonds. The highest BCUT2D eigenvalue weighted by molar-refractivity contribution is 5.33. The lowest BCUT2D eigenvalue weighted by Crippen LogP contribution is -2.65. The summed E-state index contributed by atoms with van der Waals surface area (Å²) in [6.45, 7) is 12.4. The predicted octanol–water partition coefficient (Wildman–Crippen LogP) is -1.61. The lowest BCUT2D eigenvalue weighted by Gasteiger charge is -2.65. The number of ether oxygens (including phenoxy) is 6. The highest BCUT2D eigenvalue weighted by atomic mass is 16.8. The zero-order valence-electron chi connectivity index (χ0n) is 39.5. The summed E-state index contributed by atoms with van der Waals surface area (Å²) in [5.41, 5.74) is -3.20. The molecule has 8 aliphatic rings. The van der Waals surface area contributed by atoms with Crippen LogP contribution in [0.25, 0.3) is 0 Å². The molecular weight excluding hydrogens is 868 g/mol. The molecule has 382 valence electrons. The molecule has 0 bridgehead atoms. The maximum Gasteiger partial charge on any atom is 0.187 e. The second-order valence-corrected chi connectivity index (χ2v) is 23.5. The van der Waals surface area contributed by atoms with Crippen molar-refractivity contribution in [3.63, 3.8) is 0 Å². The number of rotatable bonds is 13. The summed E-state index contributed by atoms with van der Waals surface area (Å²) in [5, 5.41) is 140. The third-order valence-corrected chi connectivity index (χ3v) is 19.4. The normalized spacial score (nSPS) is 54.4. The standard InChI is InChI=1S/C47H80O19/c1-20(8-9-27(52)43(4,5)60)29-21(50)15-45(7)26-14-23(62-39-35(58)33(56)31(54)24(16-48)63-39)38-42(2,3)28(10-11-47(38)19-46(26,47)13-12-44(29,45)6)65-41-37(30(53)22(51)18-61-41)66-40-36(59)34(57)32(55)25(17-49)64-40/h20-41,48-60H,8-19H2,1-7H3. The molecule has 2 spiro atoms. The summed E-state index contributed by atoms with van der Waals surface area (Å²) in [4.78, 5) is 0. The molecule has 3 aliphatic heterocycles. The molecular formula is C47H80O19. The molecule has 8 rings (SSSR count). The Kier molecular flexibility index (Phi) is 14.1. The van der Waals surface area contributed by atoms with Crippen molar-refractivity contribution in [3.05, 3.63) is 0 Å². The van der Waals surface area contributed by atoms with E-state index in [-0.39, 0.29) is 51.9 Å². The summed E-state index contributed by atoms with van der Waals surface area (Å²) < 4.78 is 37.4. The van der Waals surface area contributed by atoms with Crippen LogP contribution in [-0.2, 0) is 28.4 Å². The third kappa shape index (κ3) is 7.98. The Hall–Kier alpha value is -0.760. The van der Waals surface area contributed by atoms with Crippen LogP contribution in [0.4, 0.5) is 0 Å². The van der Waals surface area contributed by atoms with Crippen LogP contribution in [0, 0.1) is 50.7 Å². The topological polar surface area (TPSA) is 318 Å². The molecule has 26 unspecified atom stereocenters. The fourth-order valence-electron chi connectivity index (χ4n) is 15.7. The first kappa shape index (κ1) is 51.6. The number of fused-ring (bicyclic) bond motifs is 2. The van der Waals surface area contributed by atoms with E-state index in [1.807, 2.05) is 0 Å². The molecule has 0 radical (unpaired) electrons. The van der Waals surface area contributed by atoms with Gasteiger partial charge in [0.15, 0.2) is 18.9 Å². The van der Waals surface area contributed by atoms with Gasteiger partial charge in [0.05, 0.1) is 49.8 Å². The fourth-order valence-corrected chi connectivity index (χ4v) is 15.7. The molecule has 5 aliphatic carbocycles. The molecule has 3 heterocycles. The van der Waals surface area contributed by atoms with E-state index >= 15 is 0 Å². The van der Waals surface area contributed by atoms with Crippen LogP contribution < -0.4 is 0 Å². The molecule has 19 nitrogen and oxygen atoms in total. The average Bonchev–Trinajstić information content (AvgIpc) is 3.85. The molecule has 5 saturated carbocycles. The Bertz CT molecular complexity index is 1700. The van der Waals surface area contributed by atoms with Gasteiger partial charge in [0.1, 0.15) is 67.1 Å². The Morgan fingerprint density at radius 2 is 1.26 bits per heavy atom. The summed E-state index contributed by atoms with van der Waals surface area (Å²) in [6.07, 6.45) is -18.5. The van der Waals surface area contributed by atoms with E-state index in [9.17, 15) is 66.4 Å². The van der Waals surface area contributed by atoms with Crippen LogP contribution in [0.1, 0.15) is 106 Å². The summed E-state index contributed by atoms with van der Waals surface area (Å²) >= 11 is 0. The first-order valence-electron chi connectivity index (χ1n) is 24.4. The maximum atomic E-state index is 12.1. The number of aliphatic hydroxyl groups is 13. The van der Waals surface area contributed by atoms with Crippen molar-refractivity contribution < 1.29 is 94.8 Å². The predicted molar refractivity (Wildman–Crippen MR) is 228 cm³/mol. The van der Waals surface area contributed by atoms with Crippen molar-refractivity contribution in [2.45, 2.75) is 222 Å². The second-order valence-electron chi connectivity index (χ2n) is 23.5. The summed E-state index contributed by atoms with van der Waals surface area (Å²) in [5.74, 6) is -0.306. The van der Waals surface area contributed by atoms with Crippen LogP contribution in [-0.4, -0.2) is 202 Å². The van der Waals surface area contributed by atoms with Crippen molar-refractivity contribution in [2.75, 3.05) is 19.8 Å². The number of aliphatic hydroxyl groups excluding tert-OH is 12. The van der Waals surface area contributed by atoms with Gasteiger partial charge in [0.2, 0.25) is 0 Å². The van der Waals surface area contributed by atoms with E-state index in [4.69, 9.17) is 28.4 Å². The fraction of sp³-hybridized carbons (Fsp3) is 1.00. The smallest absolute Gasteiger partial charge is 0.187 e. The van der Waals surface area contributed by atoms with Crippen LogP contribution in [0.2, 0.25) is 0 Å². The van der Waals surface area contributed by atoms with Gasteiger partial charge in [0, 0.05) is 0 Å². The van der Waals surface area contributed by atoms with Crippen molar-refractivity contribution in [2.24, 2.45) is 50.7 Å². The van der Waals surface area contributed by atoms with E-state index in [1.54, 1.807) is 13.8 Å². The first-order valence-corrected chi connectivity index (χ1v) is 24.4. The molecule has 0 aromatic rings. The van der Waals surface area contributed by atoms with Crippen molar-refractivity contribution in [1.29, 1.82) is 0 Å². The average molecular weight is 949 g/mol. The van der Waals surface area contributed by atoms with Gasteiger partial charge in [-0.3, -0.25) is 0 Å². The second kappa shape index (κ2) is 18.1. The Morgan fingerprint density at radius 1 is 0.667 bits per heavy atom. The van der Waals surface area contributed by atoms with Crippen LogP contribution in [0.5, 0.6) is 0 Å². The Balaban J connectivity index is 1.10. The van der Waals surface area contributed by atoms with E-state index in [1.165, 1.54) is 0 Å². The van der Waals surface area contributed by atoms with Crippen molar-refractivity contribution in [1.82, 2.24) is 0 Å². The van der Waals surface area contributed by atoms with Gasteiger partial charge in [-0.15, -0.1) is 0 Å². The SMILES string of the molecule is CC(CCC(O)C(C)(C)O)C1C(O)CC2(C)C3CC(OC4OC(CO)C(O)C(O)C4O)C4C(C)(C)C(OC5OCC(O)C(O)C5OC5OC(CO)C(O)C(O)C5O)CCC45CC35CCC12C. The monoisotopic (exact) mass is 949 g/mol. The molecule has 3 saturated heterocycles. The van der Waals surface area contributed by atoms with Crippen LogP contribution in [0.15, 0.2) is 0 Å². The van der Waals surface area contributed by atoms with Crippen molar-refractivity contribution in [3.8, 4) is 0 Å². The Morgan fingerprint density at radius 3 is 1.83 bits per heavy atom. The van der Waals surface area contributed by atoms with Gasteiger partial charge in [-0.2, -0.15) is 0 Å². The minimum absolute atomic E-state index is 0.0326. The summed E-state index contributed by atoms with van der Waals surface area (Å²) in [7, 11) is 0. The molecule has 8 fully saturated rings. The molecule has 13 N–H and O–H groups in total. The highest BCUT2D eigenvalue weighted by Crippen LogP contribution is 2.89. The largest absolute Gasteiger partial charge is 0.394 e. The van der Waals surface area contributed by atoms with Gasteiger partial charge < -0.3 is 94.8 Å². The molecule has 19 heteroatoms. The molecule has 26 atom stereocenters. The first-order chi connectivity index (χ1) is 30.7. The van der Waals surface area contributed by atoms with Crippen LogP contribution in [0.3, 0.4) is 0 Å². The minimum Gasteiger partial charge on any atom is -0.394 e. The lowest BCUT2D eigenvalue weighted by atomic mass is 9.41. The van der Waals surface area contributed by atoms with Crippen molar-refractivity contribution >= 4 is 0 Å². The quantitative estimate of drug-likeness (QED) is 0.0924. The van der Waals surface area contributed by atoms with E-state index in [2.05, 4.69) is 34.6 Å². The molecule has 66 heavy (non-hydrogen) atoms. The van der Waals surface area contributed by atoms with E-state index in [0.717, 1.165) is 19.3 Å². The van der Waals surface area contributed by atoms with Gasteiger partial charge in [0.25, 0.3) is 0 Å². The van der Waals surface area contributed by atoms with Gasteiger partial charge >= 0.3 is 0 Å². The maximum absolute atomic E-state index is 12.1. The zero-order valence-corrected chi connectivity index (χ0v) is 39.5. The molecule has 0 aromatic heterocycles. The summed E-state index contributed by atoms with van der Waals surface area (Å²) in [6, 6.07) is 0. The zero-order chi connectivity index (χ0) is 48.4. The molecule has 0 aromatic carbocycles. The van der Waals surface area contributed by atoms with Gasteiger partial charge in [-0.25, -0.2) is 0 Å². The lowest BCUT2D eigenvalue weighted by molar-refractivity contribution is -0.369.